The lowest BCUT2D eigenvalue weighted by Gasteiger charge is -2.21. The minimum absolute atomic E-state index is 0.466. The summed E-state index contributed by atoms with van der Waals surface area (Å²) in [7, 11) is 0. The van der Waals surface area contributed by atoms with Crippen LogP contribution in [0.3, 0.4) is 0 Å². The van der Waals surface area contributed by atoms with Crippen LogP contribution in [0.15, 0.2) is 24.3 Å². The van der Waals surface area contributed by atoms with Gasteiger partial charge in [0.1, 0.15) is 5.72 Å². The Balaban J connectivity index is 3.03. The van der Waals surface area contributed by atoms with Gasteiger partial charge < -0.3 is 5.11 Å². The molecule has 2 nitrogen and oxygen atoms in total. The van der Waals surface area contributed by atoms with Crippen LogP contribution in [0.1, 0.15) is 18.9 Å². The number of aliphatic hydroxyl groups is 1. The molecule has 1 aromatic carbocycles. The van der Waals surface area contributed by atoms with E-state index in [9.17, 15) is 5.11 Å². The van der Waals surface area contributed by atoms with E-state index in [1.165, 1.54) is 0 Å². The SMILES string of the molecule is CCC(N)(O)c1cccc(Cl)c1. The molecule has 1 rings (SSSR count). The molecule has 0 bridgehead atoms. The second kappa shape index (κ2) is 3.44. The highest BCUT2D eigenvalue weighted by Gasteiger charge is 2.20. The van der Waals surface area contributed by atoms with E-state index in [4.69, 9.17) is 17.3 Å². The molecule has 12 heavy (non-hydrogen) atoms. The minimum Gasteiger partial charge on any atom is -0.372 e. The van der Waals surface area contributed by atoms with Gasteiger partial charge in [-0.1, -0.05) is 30.7 Å². The van der Waals surface area contributed by atoms with Crippen LogP contribution in [-0.2, 0) is 5.72 Å². The van der Waals surface area contributed by atoms with Crippen LogP contribution in [-0.4, -0.2) is 5.11 Å². The Morgan fingerprint density at radius 1 is 1.58 bits per heavy atom. The van der Waals surface area contributed by atoms with Crippen LogP contribution in [0.5, 0.6) is 0 Å². The standard InChI is InChI=1S/C9H12ClNO/c1-2-9(11,12)7-4-3-5-8(10)6-7/h3-6,12H,2,11H2,1H3. The summed E-state index contributed by atoms with van der Waals surface area (Å²) in [6.07, 6.45) is 0.466. The predicted octanol–water partition coefficient (Wildman–Crippen LogP) is 1.85. The summed E-state index contributed by atoms with van der Waals surface area (Å²) < 4.78 is 0. The molecule has 0 amide bonds. The van der Waals surface area contributed by atoms with Gasteiger partial charge in [-0.25, -0.2) is 0 Å². The molecule has 0 saturated heterocycles. The largest absolute Gasteiger partial charge is 0.372 e. The maximum atomic E-state index is 9.64. The van der Waals surface area contributed by atoms with Gasteiger partial charge >= 0.3 is 0 Å². The molecule has 3 N–H and O–H groups in total. The van der Waals surface area contributed by atoms with E-state index in [2.05, 4.69) is 0 Å². The average molecular weight is 186 g/mol. The molecule has 0 spiro atoms. The summed E-state index contributed by atoms with van der Waals surface area (Å²) in [5, 5.41) is 10.2. The Bertz CT molecular complexity index is 273. The lowest BCUT2D eigenvalue weighted by molar-refractivity contribution is 0.0395. The van der Waals surface area contributed by atoms with E-state index in [-0.39, 0.29) is 0 Å². The third-order valence-corrected chi connectivity index (χ3v) is 2.10. The average Bonchev–Trinajstić information content (AvgIpc) is 2.05. The van der Waals surface area contributed by atoms with Crippen molar-refractivity contribution in [2.24, 2.45) is 5.73 Å². The number of nitrogens with two attached hydrogens (primary N) is 1. The molecule has 3 heteroatoms. The summed E-state index contributed by atoms with van der Waals surface area (Å²) in [6, 6.07) is 6.95. The van der Waals surface area contributed by atoms with E-state index >= 15 is 0 Å². The maximum absolute atomic E-state index is 9.64. The number of halogens is 1. The third kappa shape index (κ3) is 1.97. The number of hydrogen-bond donors (Lipinski definition) is 2. The predicted molar refractivity (Wildman–Crippen MR) is 49.8 cm³/mol. The van der Waals surface area contributed by atoms with E-state index in [0.29, 0.717) is 17.0 Å². The smallest absolute Gasteiger partial charge is 0.139 e. The Kier molecular flexibility index (Phi) is 2.73. The summed E-state index contributed by atoms with van der Waals surface area (Å²) in [5.74, 6) is 0. The minimum atomic E-state index is -1.26. The van der Waals surface area contributed by atoms with Gasteiger partial charge in [0.2, 0.25) is 0 Å². The van der Waals surface area contributed by atoms with Gasteiger partial charge in [-0.05, 0) is 24.1 Å². The Morgan fingerprint density at radius 2 is 2.25 bits per heavy atom. The van der Waals surface area contributed by atoms with Crippen LogP contribution in [0, 0.1) is 0 Å². The molecule has 0 radical (unpaired) electrons. The highest BCUT2D eigenvalue weighted by Crippen LogP contribution is 2.21. The molecule has 0 aliphatic carbocycles. The van der Waals surface area contributed by atoms with Crippen molar-refractivity contribution in [3.8, 4) is 0 Å². The molecule has 0 heterocycles. The lowest BCUT2D eigenvalue weighted by Crippen LogP contribution is -2.35. The highest BCUT2D eigenvalue weighted by atomic mass is 35.5. The molecule has 0 aliphatic heterocycles. The summed E-state index contributed by atoms with van der Waals surface area (Å²) >= 11 is 5.74. The topological polar surface area (TPSA) is 46.2 Å². The molecule has 0 aromatic heterocycles. The van der Waals surface area contributed by atoms with Crippen LogP contribution < -0.4 is 5.73 Å². The van der Waals surface area contributed by atoms with E-state index < -0.39 is 5.72 Å². The molecule has 0 fully saturated rings. The van der Waals surface area contributed by atoms with Crippen molar-refractivity contribution < 1.29 is 5.11 Å². The van der Waals surface area contributed by atoms with Gasteiger partial charge in [-0.15, -0.1) is 0 Å². The van der Waals surface area contributed by atoms with Crippen LogP contribution >= 0.6 is 11.6 Å². The quantitative estimate of drug-likeness (QED) is 0.691. The van der Waals surface area contributed by atoms with E-state index in [1.807, 2.05) is 6.92 Å². The molecule has 66 valence electrons. The van der Waals surface area contributed by atoms with Gasteiger partial charge in [-0.3, -0.25) is 5.73 Å². The van der Waals surface area contributed by atoms with Gasteiger partial charge in [0.15, 0.2) is 0 Å². The maximum Gasteiger partial charge on any atom is 0.139 e. The van der Waals surface area contributed by atoms with Crippen molar-refractivity contribution in [2.75, 3.05) is 0 Å². The van der Waals surface area contributed by atoms with Crippen LogP contribution in [0.2, 0.25) is 5.02 Å². The molecular weight excluding hydrogens is 174 g/mol. The number of hydrogen-bond acceptors (Lipinski definition) is 2. The first-order chi connectivity index (χ1) is 5.56. The Morgan fingerprint density at radius 3 is 2.75 bits per heavy atom. The second-order valence-corrected chi connectivity index (χ2v) is 3.22. The summed E-state index contributed by atoms with van der Waals surface area (Å²) in [5.41, 5.74) is 4.99. The lowest BCUT2D eigenvalue weighted by atomic mass is 10.0. The first-order valence-electron chi connectivity index (χ1n) is 3.83. The fraction of sp³-hybridized carbons (Fsp3) is 0.333. The van der Waals surface area contributed by atoms with Gasteiger partial charge in [0, 0.05) is 5.02 Å². The van der Waals surface area contributed by atoms with Gasteiger partial charge in [0.05, 0.1) is 0 Å². The monoisotopic (exact) mass is 185 g/mol. The van der Waals surface area contributed by atoms with Crippen molar-refractivity contribution in [2.45, 2.75) is 19.1 Å². The highest BCUT2D eigenvalue weighted by molar-refractivity contribution is 6.30. The zero-order valence-corrected chi connectivity index (χ0v) is 7.67. The first kappa shape index (κ1) is 9.52. The Labute approximate surface area is 77.0 Å². The van der Waals surface area contributed by atoms with Crippen molar-refractivity contribution in [1.29, 1.82) is 0 Å². The van der Waals surface area contributed by atoms with E-state index in [0.717, 1.165) is 0 Å². The zero-order valence-electron chi connectivity index (χ0n) is 6.92. The molecule has 0 saturated carbocycles. The molecule has 0 aliphatic rings. The second-order valence-electron chi connectivity index (χ2n) is 2.79. The van der Waals surface area contributed by atoms with Crippen molar-refractivity contribution in [1.82, 2.24) is 0 Å². The van der Waals surface area contributed by atoms with Crippen LogP contribution in [0.4, 0.5) is 0 Å². The van der Waals surface area contributed by atoms with Gasteiger partial charge in [0.25, 0.3) is 0 Å². The van der Waals surface area contributed by atoms with Crippen LogP contribution in [0.25, 0.3) is 0 Å². The number of benzene rings is 1. The molecular formula is C9H12ClNO. The van der Waals surface area contributed by atoms with E-state index in [1.54, 1.807) is 24.3 Å². The number of rotatable bonds is 2. The van der Waals surface area contributed by atoms with Gasteiger partial charge in [-0.2, -0.15) is 0 Å². The molecule has 1 atom stereocenters. The normalized spacial score (nSPS) is 15.7. The van der Waals surface area contributed by atoms with Crippen molar-refractivity contribution >= 4 is 11.6 Å². The van der Waals surface area contributed by atoms with Crippen molar-refractivity contribution in [3.05, 3.63) is 34.9 Å². The first-order valence-corrected chi connectivity index (χ1v) is 4.21. The fourth-order valence-corrected chi connectivity index (χ4v) is 1.15. The Hall–Kier alpha value is -0.570. The fourth-order valence-electron chi connectivity index (χ4n) is 0.962. The molecule has 1 aromatic rings. The summed E-state index contributed by atoms with van der Waals surface area (Å²) in [6.45, 7) is 1.82. The zero-order chi connectivity index (χ0) is 9.19. The summed E-state index contributed by atoms with van der Waals surface area (Å²) in [4.78, 5) is 0. The van der Waals surface area contributed by atoms with Crippen molar-refractivity contribution in [3.63, 3.8) is 0 Å². The third-order valence-electron chi connectivity index (χ3n) is 1.86. The molecule has 1 unspecified atom stereocenters.